The summed E-state index contributed by atoms with van der Waals surface area (Å²) < 4.78 is 6.70. The molecular formula is C62H46O. The second-order valence-corrected chi connectivity index (χ2v) is 16.7. The molecule has 0 aromatic heterocycles. The van der Waals surface area contributed by atoms with Gasteiger partial charge < -0.3 is 4.74 Å². The molecule has 1 aliphatic rings. The Hall–Kier alpha value is -7.74. The molecular weight excluding hydrogens is 761 g/mol. The molecule has 0 aliphatic carbocycles. The van der Waals surface area contributed by atoms with E-state index in [1.54, 1.807) is 0 Å². The summed E-state index contributed by atoms with van der Waals surface area (Å²) in [7, 11) is 0. The number of ether oxygens (including phenoxy) is 1. The highest BCUT2D eigenvalue weighted by Gasteiger charge is 2.45. The maximum atomic E-state index is 6.70. The van der Waals surface area contributed by atoms with Crippen molar-refractivity contribution in [1.82, 2.24) is 0 Å². The lowest BCUT2D eigenvalue weighted by Crippen LogP contribution is -2.34. The average molecular weight is 807 g/mol. The van der Waals surface area contributed by atoms with Gasteiger partial charge in [0.05, 0.1) is 5.41 Å². The molecule has 1 unspecified atom stereocenters. The molecule has 63 heavy (non-hydrogen) atoms. The molecule has 1 heterocycles. The molecule has 0 saturated heterocycles. The monoisotopic (exact) mass is 806 g/mol. The molecule has 0 saturated carbocycles. The van der Waals surface area contributed by atoms with Crippen molar-refractivity contribution in [2.24, 2.45) is 0 Å². The van der Waals surface area contributed by atoms with Crippen LogP contribution in [0.4, 0.5) is 0 Å². The Morgan fingerprint density at radius 1 is 0.381 bits per heavy atom. The number of aryl methyl sites for hydroxylation is 1. The minimum absolute atomic E-state index is 0.138. The first-order valence-electron chi connectivity index (χ1n) is 22.1. The summed E-state index contributed by atoms with van der Waals surface area (Å²) >= 11 is 0. The molecule has 0 bridgehead atoms. The van der Waals surface area contributed by atoms with Crippen molar-refractivity contribution < 1.29 is 4.74 Å². The van der Waals surface area contributed by atoms with Gasteiger partial charge in [0.25, 0.3) is 0 Å². The fourth-order valence-electron chi connectivity index (χ4n) is 10.2. The summed E-state index contributed by atoms with van der Waals surface area (Å²) in [5, 5.41) is 2.53. The van der Waals surface area contributed by atoms with Gasteiger partial charge in [-0.2, -0.15) is 0 Å². The number of hydrogen-bond donors (Lipinski definition) is 0. The molecule has 11 rings (SSSR count). The lowest BCUT2D eigenvalue weighted by Gasteiger charge is -2.42. The van der Waals surface area contributed by atoms with E-state index in [1.807, 2.05) is 0 Å². The van der Waals surface area contributed by atoms with Crippen molar-refractivity contribution in [2.45, 2.75) is 24.2 Å². The van der Waals surface area contributed by atoms with Crippen LogP contribution in [-0.2, 0) is 11.8 Å². The van der Waals surface area contributed by atoms with Gasteiger partial charge in [-0.25, -0.2) is 0 Å². The third kappa shape index (κ3) is 7.02. The Morgan fingerprint density at radius 2 is 0.937 bits per heavy atom. The van der Waals surface area contributed by atoms with E-state index >= 15 is 0 Å². The zero-order valence-electron chi connectivity index (χ0n) is 35.1. The highest BCUT2D eigenvalue weighted by Crippen LogP contribution is 2.55. The SMILES string of the molecule is c1ccc(-c2cc(CCC(c3ccc(-c4cccc5ccccc45)cc3)c3ccccc3-c3ccccc3)cc(C3(c4ccccc4)c4ccccc4Oc4ccccc43)c2)cc1. The molecule has 0 N–H and O–H groups in total. The number of fused-ring (bicyclic) bond motifs is 3. The maximum absolute atomic E-state index is 6.70. The topological polar surface area (TPSA) is 9.23 Å². The van der Waals surface area contributed by atoms with Crippen LogP contribution < -0.4 is 4.74 Å². The molecule has 1 nitrogen and oxygen atoms in total. The van der Waals surface area contributed by atoms with E-state index in [0.717, 1.165) is 35.5 Å². The number of para-hydroxylation sites is 2. The van der Waals surface area contributed by atoms with Crippen LogP contribution in [0.5, 0.6) is 11.5 Å². The van der Waals surface area contributed by atoms with Crippen LogP contribution in [0.3, 0.4) is 0 Å². The van der Waals surface area contributed by atoms with Crippen LogP contribution in [0.2, 0.25) is 0 Å². The summed E-state index contributed by atoms with van der Waals surface area (Å²) in [4.78, 5) is 0. The van der Waals surface area contributed by atoms with Crippen molar-refractivity contribution in [3.8, 4) is 44.9 Å². The third-order valence-electron chi connectivity index (χ3n) is 13.1. The van der Waals surface area contributed by atoms with E-state index in [-0.39, 0.29) is 5.92 Å². The Bertz CT molecular complexity index is 3130. The quantitative estimate of drug-likeness (QED) is 0.134. The van der Waals surface area contributed by atoms with Crippen LogP contribution in [0.1, 0.15) is 51.3 Å². The predicted molar refractivity (Wildman–Crippen MR) is 262 cm³/mol. The summed E-state index contributed by atoms with van der Waals surface area (Å²) in [6.45, 7) is 0. The smallest absolute Gasteiger partial charge is 0.132 e. The van der Waals surface area contributed by atoms with Gasteiger partial charge in [0.1, 0.15) is 11.5 Å². The molecule has 10 aromatic rings. The second-order valence-electron chi connectivity index (χ2n) is 16.7. The summed E-state index contributed by atoms with van der Waals surface area (Å²) in [6.07, 6.45) is 1.79. The van der Waals surface area contributed by atoms with Crippen molar-refractivity contribution in [1.29, 1.82) is 0 Å². The Morgan fingerprint density at radius 3 is 1.67 bits per heavy atom. The minimum Gasteiger partial charge on any atom is -0.457 e. The van der Waals surface area contributed by atoms with Crippen LogP contribution in [0, 0.1) is 0 Å². The molecule has 300 valence electrons. The largest absolute Gasteiger partial charge is 0.457 e. The van der Waals surface area contributed by atoms with E-state index < -0.39 is 5.41 Å². The van der Waals surface area contributed by atoms with Gasteiger partial charge >= 0.3 is 0 Å². The van der Waals surface area contributed by atoms with Crippen LogP contribution >= 0.6 is 0 Å². The first-order valence-corrected chi connectivity index (χ1v) is 22.1. The van der Waals surface area contributed by atoms with E-state index in [2.05, 4.69) is 249 Å². The molecule has 10 aromatic carbocycles. The standard InChI is InChI=1S/C62H46O/c1-4-19-45(20-5-1)50-41-44(42-52(43-50)62(51-25-8-3-9-26-51)58-31-14-16-33-60(58)63-61-34-17-15-32-59(61)62)35-40-56(57-29-13-12-28-55(57)46-21-6-2-7-22-46)49-38-36-48(37-39-49)54-30-18-24-47-23-10-11-27-53(47)54/h1-34,36-39,41-43,56H,35,40H2. The molecule has 1 atom stereocenters. The molecule has 1 aliphatic heterocycles. The van der Waals surface area contributed by atoms with Crippen LogP contribution in [0.25, 0.3) is 44.2 Å². The highest BCUT2D eigenvalue weighted by molar-refractivity contribution is 5.96. The molecule has 0 spiro atoms. The number of hydrogen-bond acceptors (Lipinski definition) is 1. The summed E-state index contributed by atoms with van der Waals surface area (Å²) in [5.74, 6) is 1.91. The van der Waals surface area contributed by atoms with Gasteiger partial charge in [0, 0.05) is 17.0 Å². The maximum Gasteiger partial charge on any atom is 0.132 e. The molecule has 1 heteroatoms. The van der Waals surface area contributed by atoms with Gasteiger partial charge in [-0.3, -0.25) is 0 Å². The summed E-state index contributed by atoms with van der Waals surface area (Å²) in [5.41, 5.74) is 15.5. The van der Waals surface area contributed by atoms with Gasteiger partial charge in [0.2, 0.25) is 0 Å². The van der Waals surface area contributed by atoms with Gasteiger partial charge in [-0.1, -0.05) is 231 Å². The van der Waals surface area contributed by atoms with Crippen molar-refractivity contribution in [3.05, 3.63) is 288 Å². The van der Waals surface area contributed by atoms with E-state index in [0.29, 0.717) is 0 Å². The predicted octanol–water partition coefficient (Wildman–Crippen LogP) is 16.1. The summed E-state index contributed by atoms with van der Waals surface area (Å²) in [6, 6.07) is 91.0. The minimum atomic E-state index is -0.622. The third-order valence-corrected chi connectivity index (χ3v) is 13.1. The van der Waals surface area contributed by atoms with Gasteiger partial charge in [-0.15, -0.1) is 0 Å². The lowest BCUT2D eigenvalue weighted by molar-refractivity contribution is 0.434. The zero-order chi connectivity index (χ0) is 42.0. The van der Waals surface area contributed by atoms with Gasteiger partial charge in [0.15, 0.2) is 0 Å². The lowest BCUT2D eigenvalue weighted by atomic mass is 9.63. The van der Waals surface area contributed by atoms with E-state index in [1.165, 1.54) is 72.0 Å². The molecule has 0 fully saturated rings. The van der Waals surface area contributed by atoms with E-state index in [4.69, 9.17) is 4.74 Å². The van der Waals surface area contributed by atoms with Crippen molar-refractivity contribution >= 4 is 10.8 Å². The second kappa shape index (κ2) is 16.6. The highest BCUT2D eigenvalue weighted by atomic mass is 16.5. The van der Waals surface area contributed by atoms with E-state index in [9.17, 15) is 0 Å². The fraction of sp³-hybridized carbons (Fsp3) is 0.0645. The zero-order valence-corrected chi connectivity index (χ0v) is 35.1. The molecule has 0 radical (unpaired) electrons. The normalized spacial score (nSPS) is 13.1. The first kappa shape index (κ1) is 38.2. The molecule has 0 amide bonds. The Balaban J connectivity index is 1.07. The number of benzene rings is 10. The fourth-order valence-corrected chi connectivity index (χ4v) is 10.2. The van der Waals surface area contributed by atoms with Crippen LogP contribution in [-0.4, -0.2) is 0 Å². The number of rotatable bonds is 10. The average Bonchev–Trinajstić information content (AvgIpc) is 3.36. The van der Waals surface area contributed by atoms with Gasteiger partial charge in [-0.05, 0) is 103 Å². The van der Waals surface area contributed by atoms with Crippen molar-refractivity contribution in [3.63, 3.8) is 0 Å². The Labute approximate surface area is 370 Å². The van der Waals surface area contributed by atoms with Crippen LogP contribution in [0.15, 0.2) is 249 Å². The Kier molecular flexibility index (Phi) is 10.1. The first-order chi connectivity index (χ1) is 31.2. The van der Waals surface area contributed by atoms with Crippen molar-refractivity contribution in [2.75, 3.05) is 0 Å².